The Labute approximate surface area is 234 Å². The van der Waals surface area contributed by atoms with E-state index < -0.39 is 15.6 Å². The fourth-order valence-electron chi connectivity index (χ4n) is 4.77. The summed E-state index contributed by atoms with van der Waals surface area (Å²) in [6.45, 7) is 10.1. The first-order valence-electron chi connectivity index (χ1n) is 13.6. The molecule has 220 valence electrons. The molecule has 4 heterocycles. The smallest absolute Gasteiger partial charge is 0.279 e. The van der Waals surface area contributed by atoms with E-state index in [0.717, 1.165) is 18.7 Å². The van der Waals surface area contributed by atoms with Crippen molar-refractivity contribution in [1.82, 2.24) is 33.9 Å². The van der Waals surface area contributed by atoms with E-state index >= 15 is 0 Å². The third-order valence-corrected chi connectivity index (χ3v) is 8.77. The molecule has 4 rings (SSSR count). The monoisotopic (exact) mass is 577 g/mol. The van der Waals surface area contributed by atoms with Gasteiger partial charge < -0.3 is 24.1 Å². The van der Waals surface area contributed by atoms with Crippen LogP contribution in [0.25, 0.3) is 22.4 Å². The van der Waals surface area contributed by atoms with E-state index in [4.69, 9.17) is 19.2 Å². The number of aryl methyl sites for hydroxylation is 1. The summed E-state index contributed by atoms with van der Waals surface area (Å²) in [4.78, 5) is 27.4. The molecule has 0 spiro atoms. The number of ether oxygens (including phenoxy) is 3. The maximum atomic E-state index is 13.6. The molecule has 0 unspecified atom stereocenters. The molecule has 13 nitrogen and oxygen atoms in total. The van der Waals surface area contributed by atoms with Gasteiger partial charge in [0.15, 0.2) is 5.52 Å². The maximum Gasteiger partial charge on any atom is 0.279 e. The molecule has 14 heteroatoms. The highest BCUT2D eigenvalue weighted by molar-refractivity contribution is 7.89. The van der Waals surface area contributed by atoms with E-state index in [0.29, 0.717) is 57.9 Å². The molecule has 3 aromatic heterocycles. The minimum Gasteiger partial charge on any atom is -0.472 e. The lowest BCUT2D eigenvalue weighted by Crippen LogP contribution is -2.48. The van der Waals surface area contributed by atoms with Crippen LogP contribution >= 0.6 is 0 Å². The summed E-state index contributed by atoms with van der Waals surface area (Å²) in [5.74, 6) is 0.298. The number of nitrogens with one attached hydrogen (secondary N) is 1. The topological polar surface area (TPSA) is 145 Å². The average molecular weight is 578 g/mol. The van der Waals surface area contributed by atoms with Gasteiger partial charge in [0.05, 0.1) is 37.2 Å². The number of aromatic amines is 1. The van der Waals surface area contributed by atoms with Gasteiger partial charge in [-0.25, -0.2) is 18.4 Å². The Balaban J connectivity index is 1.83. The quantitative estimate of drug-likeness (QED) is 0.317. The zero-order valence-electron chi connectivity index (χ0n) is 23.8. The Hall–Kier alpha value is -2.91. The van der Waals surface area contributed by atoms with Crippen LogP contribution in [-0.4, -0.2) is 109 Å². The molecule has 1 atom stereocenters. The fourth-order valence-corrected chi connectivity index (χ4v) is 6.17. The number of aromatic nitrogens is 5. The zero-order chi connectivity index (χ0) is 28.9. The lowest BCUT2D eigenvalue weighted by Gasteiger charge is -2.33. The first kappa shape index (κ1) is 30.1. The number of hydrogen-bond acceptors (Lipinski definition) is 10. The van der Waals surface area contributed by atoms with Gasteiger partial charge in [0.1, 0.15) is 22.3 Å². The molecule has 1 N–H and O–H groups in total. The number of hydrogen-bond donors (Lipinski definition) is 1. The van der Waals surface area contributed by atoms with Crippen LogP contribution in [0.4, 0.5) is 0 Å². The summed E-state index contributed by atoms with van der Waals surface area (Å²) in [7, 11) is -0.673. The zero-order valence-corrected chi connectivity index (χ0v) is 24.7. The van der Waals surface area contributed by atoms with Gasteiger partial charge in [-0.05, 0) is 26.0 Å². The van der Waals surface area contributed by atoms with Crippen LogP contribution in [0.15, 0.2) is 22.0 Å². The summed E-state index contributed by atoms with van der Waals surface area (Å²) in [5, 5.41) is 4.49. The molecule has 40 heavy (non-hydrogen) atoms. The molecular formula is C26H39N7O6S. The highest BCUT2D eigenvalue weighted by Crippen LogP contribution is 2.31. The SMILES string of the molecule is CCCc1c2nc(-c3cc(S(=O)(=O)N4CCN(CC)CC4)cnc3O[C@H](C)COC)[nH]c(=O)c2nn1CCOC. The first-order valence-corrected chi connectivity index (χ1v) is 15.0. The van der Waals surface area contributed by atoms with Crippen molar-refractivity contribution in [1.29, 1.82) is 0 Å². The number of likely N-dealkylation sites (N-methyl/N-ethyl adjacent to an activating group) is 1. The molecule has 0 amide bonds. The van der Waals surface area contributed by atoms with E-state index in [2.05, 4.69) is 26.9 Å². The second-order valence-corrected chi connectivity index (χ2v) is 11.7. The number of nitrogens with zero attached hydrogens (tertiary/aromatic N) is 6. The maximum absolute atomic E-state index is 13.6. The summed E-state index contributed by atoms with van der Waals surface area (Å²) in [6.07, 6.45) is 2.38. The molecule has 1 aliphatic rings. The lowest BCUT2D eigenvalue weighted by molar-refractivity contribution is 0.0893. The summed E-state index contributed by atoms with van der Waals surface area (Å²) < 4.78 is 46.9. The molecule has 1 saturated heterocycles. The Morgan fingerprint density at radius 2 is 1.85 bits per heavy atom. The Bertz CT molecular complexity index is 1460. The molecule has 0 radical (unpaired) electrons. The van der Waals surface area contributed by atoms with Gasteiger partial charge in [-0.3, -0.25) is 9.48 Å². The highest BCUT2D eigenvalue weighted by atomic mass is 32.2. The summed E-state index contributed by atoms with van der Waals surface area (Å²) in [6, 6.07) is 1.47. The molecular weight excluding hydrogens is 538 g/mol. The Morgan fingerprint density at radius 1 is 1.10 bits per heavy atom. The number of rotatable bonds is 13. The predicted molar refractivity (Wildman–Crippen MR) is 150 cm³/mol. The van der Waals surface area contributed by atoms with Gasteiger partial charge >= 0.3 is 0 Å². The summed E-state index contributed by atoms with van der Waals surface area (Å²) >= 11 is 0. The standard InChI is InChI=1S/C26H39N7O6S/c1-6-8-21-22-23(30-33(21)13-14-37-4)25(34)29-24(28-22)20-15-19(16-27-26(20)39-18(3)17-38-5)40(35,36)32-11-9-31(7-2)10-12-32/h15-16,18H,6-14,17H2,1-5H3,(H,28,29,34)/t18-/m1/s1. The van der Waals surface area contributed by atoms with Gasteiger partial charge in [-0.15, -0.1) is 0 Å². The molecule has 0 bridgehead atoms. The summed E-state index contributed by atoms with van der Waals surface area (Å²) in [5.41, 5.74) is 1.30. The van der Waals surface area contributed by atoms with Gasteiger partial charge in [-0.1, -0.05) is 20.3 Å². The van der Waals surface area contributed by atoms with Gasteiger partial charge in [0, 0.05) is 40.4 Å². The molecule has 1 aliphatic heterocycles. The van der Waals surface area contributed by atoms with E-state index in [1.165, 1.54) is 16.6 Å². The fraction of sp³-hybridized carbons (Fsp3) is 0.615. The van der Waals surface area contributed by atoms with Crippen LogP contribution < -0.4 is 10.3 Å². The molecule has 3 aromatic rings. The first-order chi connectivity index (χ1) is 19.2. The third kappa shape index (κ3) is 6.36. The van der Waals surface area contributed by atoms with Crippen molar-refractivity contribution in [2.75, 3.05) is 60.2 Å². The van der Waals surface area contributed by atoms with Crippen molar-refractivity contribution in [2.24, 2.45) is 0 Å². The number of pyridine rings is 1. The second-order valence-electron chi connectivity index (χ2n) is 9.77. The minimum atomic E-state index is -3.84. The van der Waals surface area contributed by atoms with Crippen LogP contribution in [0.5, 0.6) is 5.88 Å². The van der Waals surface area contributed by atoms with Crippen LogP contribution in [0.3, 0.4) is 0 Å². The number of piperazine rings is 1. The van der Waals surface area contributed by atoms with Crippen molar-refractivity contribution >= 4 is 21.1 Å². The molecule has 0 aliphatic carbocycles. The Kier molecular flexibility index (Phi) is 9.90. The predicted octanol–water partition coefficient (Wildman–Crippen LogP) is 1.52. The number of sulfonamides is 1. The van der Waals surface area contributed by atoms with Crippen LogP contribution in [0, 0.1) is 0 Å². The molecule has 1 fully saturated rings. The van der Waals surface area contributed by atoms with E-state index in [-0.39, 0.29) is 33.8 Å². The largest absolute Gasteiger partial charge is 0.472 e. The van der Waals surface area contributed by atoms with Gasteiger partial charge in [0.2, 0.25) is 15.9 Å². The van der Waals surface area contributed by atoms with Crippen molar-refractivity contribution in [3.63, 3.8) is 0 Å². The number of methoxy groups -OCH3 is 2. The van der Waals surface area contributed by atoms with Crippen molar-refractivity contribution in [3.8, 4) is 17.3 Å². The molecule has 0 saturated carbocycles. The number of fused-ring (bicyclic) bond motifs is 1. The van der Waals surface area contributed by atoms with E-state index in [9.17, 15) is 13.2 Å². The van der Waals surface area contributed by atoms with Gasteiger partial charge in [0.25, 0.3) is 5.56 Å². The van der Waals surface area contributed by atoms with Crippen molar-refractivity contribution in [2.45, 2.75) is 51.2 Å². The second kappa shape index (κ2) is 13.2. The minimum absolute atomic E-state index is 0.00603. The van der Waals surface area contributed by atoms with Crippen molar-refractivity contribution < 1.29 is 22.6 Å². The van der Waals surface area contributed by atoms with Crippen LogP contribution in [0.2, 0.25) is 0 Å². The lowest BCUT2D eigenvalue weighted by atomic mass is 10.2. The van der Waals surface area contributed by atoms with Crippen LogP contribution in [0.1, 0.15) is 32.9 Å². The third-order valence-electron chi connectivity index (χ3n) is 6.91. The van der Waals surface area contributed by atoms with Gasteiger partial charge in [-0.2, -0.15) is 9.40 Å². The molecule has 0 aromatic carbocycles. The van der Waals surface area contributed by atoms with E-state index in [1.54, 1.807) is 18.9 Å². The average Bonchev–Trinajstić information content (AvgIpc) is 3.30. The van der Waals surface area contributed by atoms with E-state index in [1.807, 2.05) is 13.8 Å². The number of H-pyrrole nitrogens is 1. The highest BCUT2D eigenvalue weighted by Gasteiger charge is 2.30. The normalized spacial score (nSPS) is 16.0. The Morgan fingerprint density at radius 3 is 2.50 bits per heavy atom. The van der Waals surface area contributed by atoms with Crippen LogP contribution in [-0.2, 0) is 32.5 Å². The van der Waals surface area contributed by atoms with Crippen molar-refractivity contribution in [3.05, 3.63) is 28.3 Å².